The number of hydrogen-bond donors (Lipinski definition) is 1. The fourth-order valence-electron chi connectivity index (χ4n) is 3.02. The number of benzene rings is 2. The highest BCUT2D eigenvalue weighted by atomic mass is 16.5. The lowest BCUT2D eigenvalue weighted by Gasteiger charge is -2.15. The van der Waals surface area contributed by atoms with Gasteiger partial charge in [-0.25, -0.2) is 4.98 Å². The molecule has 0 aliphatic heterocycles. The van der Waals surface area contributed by atoms with E-state index in [0.29, 0.717) is 11.5 Å². The van der Waals surface area contributed by atoms with Gasteiger partial charge in [0.2, 0.25) is 0 Å². The first kappa shape index (κ1) is 16.0. The SMILES string of the molecule is COc1ccc(-c2nc(C=O)c(C)[nH]2)cc1-c1c(C)cccc1C. The Morgan fingerprint density at radius 2 is 1.79 bits per heavy atom. The first-order valence-electron chi connectivity index (χ1n) is 7.82. The molecule has 1 heterocycles. The van der Waals surface area contributed by atoms with Gasteiger partial charge in [-0.1, -0.05) is 18.2 Å². The number of methoxy groups -OCH3 is 1. The number of aromatic nitrogens is 2. The maximum absolute atomic E-state index is 11.0. The first-order chi connectivity index (χ1) is 11.5. The Bertz CT molecular complexity index is 890. The summed E-state index contributed by atoms with van der Waals surface area (Å²) in [4.78, 5) is 18.6. The molecule has 2 aromatic carbocycles. The second-order valence-electron chi connectivity index (χ2n) is 5.90. The summed E-state index contributed by atoms with van der Waals surface area (Å²) >= 11 is 0. The third-order valence-corrected chi connectivity index (χ3v) is 4.26. The lowest BCUT2D eigenvalue weighted by atomic mass is 9.94. The number of hydrogen-bond acceptors (Lipinski definition) is 3. The number of ether oxygens (including phenoxy) is 1. The minimum absolute atomic E-state index is 0.439. The van der Waals surface area contributed by atoms with Gasteiger partial charge in [0.15, 0.2) is 6.29 Å². The minimum atomic E-state index is 0.439. The number of nitrogens with one attached hydrogen (secondary N) is 1. The molecular weight excluding hydrogens is 300 g/mol. The molecule has 0 atom stereocenters. The number of H-pyrrole nitrogens is 1. The van der Waals surface area contributed by atoms with E-state index >= 15 is 0 Å². The zero-order chi connectivity index (χ0) is 17.3. The second kappa shape index (κ2) is 6.32. The van der Waals surface area contributed by atoms with E-state index in [9.17, 15) is 4.79 Å². The molecule has 4 heteroatoms. The molecule has 3 rings (SSSR count). The Labute approximate surface area is 141 Å². The van der Waals surface area contributed by atoms with Crippen molar-refractivity contribution < 1.29 is 9.53 Å². The Balaban J connectivity index is 2.20. The van der Waals surface area contributed by atoms with Gasteiger partial charge in [-0.2, -0.15) is 0 Å². The molecule has 0 fully saturated rings. The van der Waals surface area contributed by atoms with Gasteiger partial charge in [-0.3, -0.25) is 4.79 Å². The molecule has 3 aromatic rings. The van der Waals surface area contributed by atoms with Crippen molar-refractivity contribution in [3.63, 3.8) is 0 Å². The number of aryl methyl sites for hydroxylation is 3. The van der Waals surface area contributed by atoms with Crippen molar-refractivity contribution in [3.8, 4) is 28.3 Å². The number of aldehydes is 1. The summed E-state index contributed by atoms with van der Waals surface area (Å²) < 4.78 is 5.56. The van der Waals surface area contributed by atoms with Crippen molar-refractivity contribution in [1.82, 2.24) is 9.97 Å². The van der Waals surface area contributed by atoms with Crippen molar-refractivity contribution in [2.75, 3.05) is 7.11 Å². The fourth-order valence-corrected chi connectivity index (χ4v) is 3.02. The van der Waals surface area contributed by atoms with Gasteiger partial charge in [-0.15, -0.1) is 0 Å². The summed E-state index contributed by atoms with van der Waals surface area (Å²) in [6.45, 7) is 6.03. The number of imidazole rings is 1. The lowest BCUT2D eigenvalue weighted by Crippen LogP contribution is -1.94. The van der Waals surface area contributed by atoms with Gasteiger partial charge in [-0.05, 0) is 55.7 Å². The third-order valence-electron chi connectivity index (χ3n) is 4.26. The Hall–Kier alpha value is -2.88. The van der Waals surface area contributed by atoms with Crippen LogP contribution in [0.1, 0.15) is 27.3 Å². The summed E-state index contributed by atoms with van der Waals surface area (Å²) in [5.41, 5.74) is 6.69. The van der Waals surface area contributed by atoms with Crippen LogP contribution in [0.5, 0.6) is 5.75 Å². The predicted molar refractivity (Wildman–Crippen MR) is 95.6 cm³/mol. The van der Waals surface area contributed by atoms with Crippen LogP contribution >= 0.6 is 0 Å². The predicted octanol–water partition coefficient (Wildman–Crippen LogP) is 4.49. The molecule has 0 aliphatic carbocycles. The quantitative estimate of drug-likeness (QED) is 0.721. The highest BCUT2D eigenvalue weighted by molar-refractivity contribution is 5.81. The second-order valence-corrected chi connectivity index (χ2v) is 5.90. The summed E-state index contributed by atoms with van der Waals surface area (Å²) in [6, 6.07) is 12.2. The molecule has 0 saturated heterocycles. The van der Waals surface area contributed by atoms with Gasteiger partial charge in [0.1, 0.15) is 17.3 Å². The van der Waals surface area contributed by atoms with Gasteiger partial charge in [0.05, 0.1) is 7.11 Å². The molecule has 122 valence electrons. The average Bonchev–Trinajstić information content (AvgIpc) is 2.95. The Morgan fingerprint density at radius 1 is 1.08 bits per heavy atom. The molecule has 1 N–H and O–H groups in total. The van der Waals surface area contributed by atoms with Crippen LogP contribution in [0.2, 0.25) is 0 Å². The van der Waals surface area contributed by atoms with E-state index in [4.69, 9.17) is 4.74 Å². The maximum atomic E-state index is 11.0. The molecule has 0 aliphatic rings. The van der Waals surface area contributed by atoms with Crippen LogP contribution in [0, 0.1) is 20.8 Å². The monoisotopic (exact) mass is 320 g/mol. The number of carbonyl (C=O) groups excluding carboxylic acids is 1. The van der Waals surface area contributed by atoms with Crippen LogP contribution in [0.25, 0.3) is 22.5 Å². The van der Waals surface area contributed by atoms with Crippen molar-refractivity contribution in [1.29, 1.82) is 0 Å². The van der Waals surface area contributed by atoms with Gasteiger partial charge in [0, 0.05) is 16.8 Å². The van der Waals surface area contributed by atoms with Crippen LogP contribution in [-0.4, -0.2) is 23.4 Å². The van der Waals surface area contributed by atoms with Gasteiger partial charge in [0.25, 0.3) is 0 Å². The van der Waals surface area contributed by atoms with E-state index in [0.717, 1.165) is 34.4 Å². The highest BCUT2D eigenvalue weighted by Crippen LogP contribution is 2.37. The molecule has 0 amide bonds. The normalized spacial score (nSPS) is 10.7. The smallest absolute Gasteiger partial charge is 0.170 e. The zero-order valence-corrected chi connectivity index (χ0v) is 14.3. The summed E-state index contributed by atoms with van der Waals surface area (Å²) in [5, 5.41) is 0. The van der Waals surface area contributed by atoms with Crippen LogP contribution in [0.4, 0.5) is 0 Å². The summed E-state index contributed by atoms with van der Waals surface area (Å²) in [7, 11) is 1.67. The van der Waals surface area contributed by atoms with Crippen LogP contribution < -0.4 is 4.74 Å². The number of carbonyl (C=O) groups is 1. The summed E-state index contributed by atoms with van der Waals surface area (Å²) in [6.07, 6.45) is 0.769. The standard InChI is InChI=1S/C20H20N2O2/c1-12-6-5-7-13(2)19(12)16-10-15(8-9-18(16)24-4)20-21-14(3)17(11-23)22-20/h5-11H,1-4H3,(H,21,22). The third kappa shape index (κ3) is 2.71. The molecule has 4 nitrogen and oxygen atoms in total. The highest BCUT2D eigenvalue weighted by Gasteiger charge is 2.14. The molecule has 0 spiro atoms. The van der Waals surface area contributed by atoms with E-state index in [1.807, 2.05) is 19.1 Å². The molecular formula is C20H20N2O2. The van der Waals surface area contributed by atoms with Crippen molar-refractivity contribution in [2.45, 2.75) is 20.8 Å². The maximum Gasteiger partial charge on any atom is 0.170 e. The van der Waals surface area contributed by atoms with Crippen molar-refractivity contribution >= 4 is 6.29 Å². The van der Waals surface area contributed by atoms with Crippen LogP contribution in [0.3, 0.4) is 0 Å². The largest absolute Gasteiger partial charge is 0.496 e. The molecule has 1 aromatic heterocycles. The molecule has 0 unspecified atom stereocenters. The molecule has 0 radical (unpaired) electrons. The Morgan fingerprint density at radius 3 is 2.38 bits per heavy atom. The molecule has 0 saturated carbocycles. The zero-order valence-electron chi connectivity index (χ0n) is 14.3. The van der Waals surface area contributed by atoms with Crippen LogP contribution in [0.15, 0.2) is 36.4 Å². The van der Waals surface area contributed by atoms with Crippen molar-refractivity contribution in [3.05, 3.63) is 58.9 Å². The van der Waals surface area contributed by atoms with E-state index in [-0.39, 0.29) is 0 Å². The van der Waals surface area contributed by atoms with Gasteiger partial charge < -0.3 is 9.72 Å². The number of aromatic amines is 1. The lowest BCUT2D eigenvalue weighted by molar-refractivity contribution is 0.111. The van der Waals surface area contributed by atoms with E-state index in [1.54, 1.807) is 7.11 Å². The number of nitrogens with zero attached hydrogens (tertiary/aromatic N) is 1. The Kier molecular flexibility index (Phi) is 4.21. The molecule has 0 bridgehead atoms. The number of rotatable bonds is 4. The van der Waals surface area contributed by atoms with E-state index < -0.39 is 0 Å². The van der Waals surface area contributed by atoms with Crippen molar-refractivity contribution in [2.24, 2.45) is 0 Å². The molecule has 24 heavy (non-hydrogen) atoms. The average molecular weight is 320 g/mol. The fraction of sp³-hybridized carbons (Fsp3) is 0.200. The summed E-state index contributed by atoms with van der Waals surface area (Å²) in [5.74, 6) is 1.50. The van der Waals surface area contributed by atoms with E-state index in [1.165, 1.54) is 11.1 Å². The topological polar surface area (TPSA) is 55.0 Å². The van der Waals surface area contributed by atoms with E-state index in [2.05, 4.69) is 48.1 Å². The first-order valence-corrected chi connectivity index (χ1v) is 7.82. The minimum Gasteiger partial charge on any atom is -0.496 e. The van der Waals surface area contributed by atoms with Gasteiger partial charge >= 0.3 is 0 Å². The van der Waals surface area contributed by atoms with Crippen LogP contribution in [-0.2, 0) is 0 Å².